The van der Waals surface area contributed by atoms with Gasteiger partial charge in [-0.05, 0) is 13.8 Å². The topological polar surface area (TPSA) is 64.8 Å². The van der Waals surface area contributed by atoms with Gasteiger partial charge in [-0.1, -0.05) is 0 Å². The fraction of sp³-hybridized carbons (Fsp3) is 0.857. The minimum absolute atomic E-state index is 0.250. The number of aliphatic hydroxyl groups is 1. The Morgan fingerprint density at radius 2 is 1.45 bits per heavy atom. The first-order valence-corrected chi connectivity index (χ1v) is 3.43. The van der Waals surface area contributed by atoms with Crippen LogP contribution in [0.15, 0.2) is 0 Å². The highest BCUT2D eigenvalue weighted by Crippen LogP contribution is 1.31. The molecule has 0 rings (SSSR count). The third-order valence-corrected chi connectivity index (χ3v) is 0. The number of carbonyl (C=O) groups excluding carboxylic acids is 1. The Kier molecular flexibility index (Phi) is 24.7. The molecule has 0 bridgehead atoms. The first-order valence-electron chi connectivity index (χ1n) is 3.43. The van der Waals surface area contributed by atoms with Crippen LogP contribution in [0.5, 0.6) is 0 Å². The van der Waals surface area contributed by atoms with Gasteiger partial charge in [-0.25, -0.2) is 0 Å². The Balaban J connectivity index is -0.0000000886. The van der Waals surface area contributed by atoms with Crippen molar-refractivity contribution in [3.8, 4) is 0 Å². The summed E-state index contributed by atoms with van der Waals surface area (Å²) in [5.74, 6) is -1.08. The molecule has 4 nitrogen and oxygen atoms in total. The number of quaternary nitrogens is 1. The first kappa shape index (κ1) is 16.8. The molecule has 0 aliphatic carbocycles. The number of rotatable bonds is 0. The smallest absolute Gasteiger partial charge is 0.0661 e. The summed E-state index contributed by atoms with van der Waals surface area (Å²) < 4.78 is 0. The number of hydrogen-bond acceptors (Lipinski definition) is 3. The number of carboxylic acid groups (broad SMARTS) is 1. The number of nitrogens with one attached hydrogen (secondary N) is 1. The van der Waals surface area contributed by atoms with Crippen molar-refractivity contribution in [2.75, 3.05) is 27.7 Å². The Labute approximate surface area is 68.5 Å². The van der Waals surface area contributed by atoms with Crippen LogP contribution in [0, 0.1) is 0 Å². The molecule has 0 fully saturated rings. The van der Waals surface area contributed by atoms with Gasteiger partial charge in [0.1, 0.15) is 0 Å². The molecule has 0 radical (unpaired) electrons. The molecule has 0 aliphatic heterocycles. The van der Waals surface area contributed by atoms with Gasteiger partial charge >= 0.3 is 0 Å². The zero-order chi connectivity index (χ0) is 9.86. The Morgan fingerprint density at radius 3 is 1.45 bits per heavy atom. The van der Waals surface area contributed by atoms with E-state index in [4.69, 9.17) is 15.0 Å². The summed E-state index contributed by atoms with van der Waals surface area (Å²) in [4.78, 5) is 10.3. The van der Waals surface area contributed by atoms with E-state index < -0.39 is 5.97 Å². The van der Waals surface area contributed by atoms with Crippen LogP contribution < -0.4 is 10.0 Å². The summed E-state index contributed by atoms with van der Waals surface area (Å²) in [6.45, 7) is 2.90. The van der Waals surface area contributed by atoms with Crippen LogP contribution >= 0.6 is 0 Å². The van der Waals surface area contributed by atoms with E-state index in [1.165, 1.54) is 4.90 Å². The second-order valence-electron chi connectivity index (χ2n) is 2.31. The van der Waals surface area contributed by atoms with Crippen molar-refractivity contribution in [1.29, 1.82) is 0 Å². The summed E-state index contributed by atoms with van der Waals surface area (Å²) >= 11 is 0. The predicted molar refractivity (Wildman–Crippen MR) is 42.2 cm³/mol. The maximum atomic E-state index is 8.89. The van der Waals surface area contributed by atoms with Gasteiger partial charge < -0.3 is 19.9 Å². The summed E-state index contributed by atoms with van der Waals surface area (Å²) in [6.07, 6.45) is 0. The zero-order valence-electron chi connectivity index (χ0n) is 7.97. The van der Waals surface area contributed by atoms with Gasteiger partial charge in [0.15, 0.2) is 0 Å². The van der Waals surface area contributed by atoms with E-state index in [0.717, 1.165) is 6.92 Å². The minimum atomic E-state index is -1.08. The van der Waals surface area contributed by atoms with Gasteiger partial charge in [0, 0.05) is 12.6 Å². The maximum absolute atomic E-state index is 8.89. The molecule has 2 N–H and O–H groups in total. The molecule has 0 atom stereocenters. The average Bonchev–Trinajstić information content (AvgIpc) is 1.60. The number of aliphatic hydroxyl groups excluding tert-OH is 1. The van der Waals surface area contributed by atoms with E-state index in [2.05, 4.69) is 21.1 Å². The van der Waals surface area contributed by atoms with Crippen molar-refractivity contribution in [2.45, 2.75) is 13.8 Å². The molecule has 0 unspecified atom stereocenters. The second kappa shape index (κ2) is 16.2. The van der Waals surface area contributed by atoms with Gasteiger partial charge in [-0.15, -0.1) is 0 Å². The number of aliphatic carboxylic acids is 1. The summed E-state index contributed by atoms with van der Waals surface area (Å²) in [7, 11) is 6.25. The van der Waals surface area contributed by atoms with Crippen molar-refractivity contribution >= 4 is 5.97 Å². The van der Waals surface area contributed by atoms with Crippen molar-refractivity contribution < 1.29 is 19.9 Å². The number of carboxylic acids is 1. The van der Waals surface area contributed by atoms with E-state index in [1.54, 1.807) is 6.92 Å². The molecule has 0 amide bonds. The van der Waals surface area contributed by atoms with E-state index in [0.29, 0.717) is 0 Å². The van der Waals surface area contributed by atoms with Crippen molar-refractivity contribution in [3.05, 3.63) is 0 Å². The van der Waals surface area contributed by atoms with Crippen molar-refractivity contribution in [2.24, 2.45) is 0 Å². The van der Waals surface area contributed by atoms with Gasteiger partial charge in [0.2, 0.25) is 0 Å². The molecule has 0 spiro atoms. The minimum Gasteiger partial charge on any atom is -0.550 e. The number of carbonyl (C=O) groups is 1. The molecule has 0 saturated carbocycles. The normalized spacial score (nSPS) is 7.18. The molecule has 70 valence electrons. The van der Waals surface area contributed by atoms with E-state index in [-0.39, 0.29) is 6.61 Å². The Morgan fingerprint density at radius 1 is 1.45 bits per heavy atom. The van der Waals surface area contributed by atoms with Crippen LogP contribution in [0.1, 0.15) is 13.8 Å². The molecule has 0 aromatic carbocycles. The van der Waals surface area contributed by atoms with Crippen molar-refractivity contribution in [1.82, 2.24) is 0 Å². The van der Waals surface area contributed by atoms with Gasteiger partial charge in [0.25, 0.3) is 0 Å². The maximum Gasteiger partial charge on any atom is 0.0661 e. The fourth-order valence-corrected chi connectivity index (χ4v) is 0. The standard InChI is InChI=1S/C3H9N.C2H4O2.C2H6O/c1-4(2)3;1-2(3)4;1-2-3/h1-3H3;1H3,(H,3,4);3H,2H2,1H3. The molecule has 0 saturated heterocycles. The Hall–Kier alpha value is -0.610. The van der Waals surface area contributed by atoms with Crippen LogP contribution in [0.25, 0.3) is 0 Å². The quantitative estimate of drug-likeness (QED) is 0.417. The van der Waals surface area contributed by atoms with Gasteiger partial charge in [-0.2, -0.15) is 0 Å². The van der Waals surface area contributed by atoms with Crippen molar-refractivity contribution in [3.63, 3.8) is 0 Å². The highest BCUT2D eigenvalue weighted by atomic mass is 16.4. The average molecular weight is 165 g/mol. The van der Waals surface area contributed by atoms with E-state index in [9.17, 15) is 0 Å². The summed E-state index contributed by atoms with van der Waals surface area (Å²) in [5.41, 5.74) is 0. The van der Waals surface area contributed by atoms with Crippen LogP contribution in [-0.4, -0.2) is 38.8 Å². The van der Waals surface area contributed by atoms with Crippen LogP contribution in [0.4, 0.5) is 0 Å². The monoisotopic (exact) mass is 165 g/mol. The van der Waals surface area contributed by atoms with Crippen LogP contribution in [0.3, 0.4) is 0 Å². The van der Waals surface area contributed by atoms with Crippen LogP contribution in [-0.2, 0) is 4.79 Å². The SMILES string of the molecule is CC(=O)[O-].CCO.C[NH+](C)C. The third kappa shape index (κ3) is 1380. The van der Waals surface area contributed by atoms with Crippen LogP contribution in [0.2, 0.25) is 0 Å². The lowest BCUT2D eigenvalue weighted by Crippen LogP contribution is -3.02. The van der Waals surface area contributed by atoms with Gasteiger partial charge in [0.05, 0.1) is 21.1 Å². The lowest BCUT2D eigenvalue weighted by Gasteiger charge is -1.88. The summed E-state index contributed by atoms with van der Waals surface area (Å²) in [5, 5.41) is 16.5. The molecular formula is C7H19NO3. The van der Waals surface area contributed by atoms with Gasteiger partial charge in [-0.3, -0.25) is 0 Å². The highest BCUT2D eigenvalue weighted by Gasteiger charge is 1.61. The third-order valence-electron chi connectivity index (χ3n) is 0. The molecular weight excluding hydrogens is 146 g/mol. The number of hydrogen-bond donors (Lipinski definition) is 2. The molecule has 0 aromatic rings. The molecule has 0 aliphatic rings. The highest BCUT2D eigenvalue weighted by molar-refractivity contribution is 5.60. The lowest BCUT2D eigenvalue weighted by atomic mass is 10.9. The second-order valence-corrected chi connectivity index (χ2v) is 2.31. The molecule has 4 heteroatoms. The lowest BCUT2D eigenvalue weighted by molar-refractivity contribution is -0.836. The fourth-order valence-electron chi connectivity index (χ4n) is 0. The first-order chi connectivity index (χ1) is 4.88. The molecule has 11 heavy (non-hydrogen) atoms. The largest absolute Gasteiger partial charge is 0.550 e. The molecule has 0 aromatic heterocycles. The predicted octanol–water partition coefficient (Wildman–Crippen LogP) is -2.48. The van der Waals surface area contributed by atoms with E-state index >= 15 is 0 Å². The van der Waals surface area contributed by atoms with E-state index in [1.807, 2.05) is 0 Å². The zero-order valence-corrected chi connectivity index (χ0v) is 7.97. The molecule has 0 heterocycles. The Bertz CT molecular complexity index is 67.3. The summed E-state index contributed by atoms with van der Waals surface area (Å²) in [6, 6.07) is 0.